The maximum atomic E-state index is 13.7. The third-order valence-electron chi connectivity index (χ3n) is 4.60. The molecule has 0 aromatic heterocycles. The Bertz CT molecular complexity index is 590. The summed E-state index contributed by atoms with van der Waals surface area (Å²) in [7, 11) is 1.25. The third-order valence-corrected chi connectivity index (χ3v) is 4.60. The van der Waals surface area contributed by atoms with Gasteiger partial charge in [0, 0.05) is 19.0 Å². The van der Waals surface area contributed by atoms with Crippen molar-refractivity contribution in [2.24, 2.45) is 5.92 Å². The van der Waals surface area contributed by atoms with E-state index in [2.05, 4.69) is 4.74 Å². The number of ether oxygens (including phenoxy) is 1. The fourth-order valence-corrected chi connectivity index (χ4v) is 3.08. The lowest BCUT2D eigenvalue weighted by Gasteiger charge is -2.32. The van der Waals surface area contributed by atoms with Gasteiger partial charge in [0.2, 0.25) is 5.91 Å². The standard InChI is InChI=1S/C17H20FNO3/c1-22-17(21)14-10-13(4-5-15(14)18)11-6-8-19(9-7-11)16(20)12-2-3-12/h4-5,10-12H,2-3,6-9H2,1H3. The number of likely N-dealkylation sites (tertiary alicyclic amines) is 1. The molecule has 0 unspecified atom stereocenters. The Morgan fingerprint density at radius 3 is 2.45 bits per heavy atom. The lowest BCUT2D eigenvalue weighted by Crippen LogP contribution is -2.38. The summed E-state index contributed by atoms with van der Waals surface area (Å²) in [5.74, 6) is -0.411. The Morgan fingerprint density at radius 1 is 1.18 bits per heavy atom. The minimum atomic E-state index is -0.652. The minimum Gasteiger partial charge on any atom is -0.465 e. The van der Waals surface area contributed by atoms with E-state index in [4.69, 9.17) is 0 Å². The van der Waals surface area contributed by atoms with Gasteiger partial charge in [-0.1, -0.05) is 6.07 Å². The number of amides is 1. The monoisotopic (exact) mass is 305 g/mol. The van der Waals surface area contributed by atoms with Crippen LogP contribution in [0.5, 0.6) is 0 Å². The molecule has 3 rings (SSSR count). The van der Waals surface area contributed by atoms with Gasteiger partial charge in [-0.2, -0.15) is 0 Å². The largest absolute Gasteiger partial charge is 0.465 e. The quantitative estimate of drug-likeness (QED) is 0.807. The van der Waals surface area contributed by atoms with E-state index < -0.39 is 11.8 Å². The molecule has 0 radical (unpaired) electrons. The molecule has 2 fully saturated rings. The summed E-state index contributed by atoms with van der Waals surface area (Å²) in [6.07, 6.45) is 3.76. The summed E-state index contributed by atoms with van der Waals surface area (Å²) in [4.78, 5) is 25.6. The predicted octanol–water partition coefficient (Wildman–Crippen LogP) is 2.73. The summed E-state index contributed by atoms with van der Waals surface area (Å²) < 4.78 is 18.3. The smallest absolute Gasteiger partial charge is 0.340 e. The van der Waals surface area contributed by atoms with Crippen molar-refractivity contribution in [2.75, 3.05) is 20.2 Å². The topological polar surface area (TPSA) is 46.6 Å². The van der Waals surface area contributed by atoms with Crippen LogP contribution in [0.1, 0.15) is 47.5 Å². The molecule has 1 heterocycles. The molecular weight excluding hydrogens is 285 g/mol. The molecule has 4 nitrogen and oxygen atoms in total. The highest BCUT2D eigenvalue weighted by atomic mass is 19.1. The first-order valence-corrected chi connectivity index (χ1v) is 7.76. The van der Waals surface area contributed by atoms with E-state index in [0.717, 1.165) is 44.3 Å². The SMILES string of the molecule is COC(=O)c1cc(C2CCN(C(=O)C3CC3)CC2)ccc1F. The van der Waals surface area contributed by atoms with Crippen molar-refractivity contribution in [3.8, 4) is 0 Å². The van der Waals surface area contributed by atoms with Gasteiger partial charge in [-0.15, -0.1) is 0 Å². The number of methoxy groups -OCH3 is 1. The van der Waals surface area contributed by atoms with Crippen molar-refractivity contribution in [3.05, 3.63) is 35.1 Å². The zero-order valence-corrected chi connectivity index (χ0v) is 12.7. The average Bonchev–Trinajstić information content (AvgIpc) is 3.39. The number of hydrogen-bond donors (Lipinski definition) is 0. The normalized spacial score (nSPS) is 19.1. The molecular formula is C17H20FNO3. The molecule has 1 aliphatic heterocycles. The Hall–Kier alpha value is -1.91. The summed E-state index contributed by atoms with van der Waals surface area (Å²) in [6.45, 7) is 1.48. The van der Waals surface area contributed by atoms with Gasteiger partial charge in [0.1, 0.15) is 5.82 Å². The van der Waals surface area contributed by atoms with Crippen molar-refractivity contribution in [2.45, 2.75) is 31.6 Å². The molecule has 1 aliphatic carbocycles. The van der Waals surface area contributed by atoms with Crippen LogP contribution in [0.15, 0.2) is 18.2 Å². The molecule has 1 aromatic carbocycles. The fraction of sp³-hybridized carbons (Fsp3) is 0.529. The van der Waals surface area contributed by atoms with E-state index in [-0.39, 0.29) is 23.3 Å². The molecule has 0 spiro atoms. The maximum absolute atomic E-state index is 13.7. The second-order valence-electron chi connectivity index (χ2n) is 6.10. The maximum Gasteiger partial charge on any atom is 0.340 e. The second kappa shape index (κ2) is 6.07. The number of carbonyl (C=O) groups excluding carboxylic acids is 2. The minimum absolute atomic E-state index is 0.0171. The Morgan fingerprint density at radius 2 is 1.86 bits per heavy atom. The van der Waals surface area contributed by atoms with Crippen LogP contribution in [0.4, 0.5) is 4.39 Å². The van der Waals surface area contributed by atoms with E-state index in [1.54, 1.807) is 12.1 Å². The van der Waals surface area contributed by atoms with Gasteiger partial charge in [0.15, 0.2) is 0 Å². The zero-order chi connectivity index (χ0) is 15.7. The lowest BCUT2D eigenvalue weighted by molar-refractivity contribution is -0.133. The van der Waals surface area contributed by atoms with Crippen LogP contribution in [0.2, 0.25) is 0 Å². The number of benzene rings is 1. The molecule has 22 heavy (non-hydrogen) atoms. The highest BCUT2D eigenvalue weighted by Gasteiger charge is 2.35. The van der Waals surface area contributed by atoms with E-state index in [0.29, 0.717) is 0 Å². The summed E-state index contributed by atoms with van der Waals surface area (Å²) in [5, 5.41) is 0. The van der Waals surface area contributed by atoms with Crippen LogP contribution < -0.4 is 0 Å². The molecule has 0 bridgehead atoms. The van der Waals surface area contributed by atoms with Gasteiger partial charge in [0.05, 0.1) is 12.7 Å². The highest BCUT2D eigenvalue weighted by Crippen LogP contribution is 2.34. The van der Waals surface area contributed by atoms with Gasteiger partial charge in [0.25, 0.3) is 0 Å². The summed E-state index contributed by atoms with van der Waals surface area (Å²) in [5.41, 5.74) is 0.928. The van der Waals surface area contributed by atoms with Crippen LogP contribution in [-0.4, -0.2) is 37.0 Å². The molecule has 5 heteroatoms. The fourth-order valence-electron chi connectivity index (χ4n) is 3.08. The molecule has 2 aliphatic rings. The molecule has 1 saturated carbocycles. The predicted molar refractivity (Wildman–Crippen MR) is 79.0 cm³/mol. The lowest BCUT2D eigenvalue weighted by atomic mass is 9.88. The van der Waals surface area contributed by atoms with E-state index in [1.807, 2.05) is 4.90 Å². The number of halogens is 1. The Kier molecular flexibility index (Phi) is 4.14. The van der Waals surface area contributed by atoms with E-state index in [9.17, 15) is 14.0 Å². The van der Waals surface area contributed by atoms with Crippen LogP contribution in [-0.2, 0) is 9.53 Å². The molecule has 118 valence electrons. The summed E-state index contributed by atoms with van der Waals surface area (Å²) in [6, 6.07) is 4.64. The first-order chi connectivity index (χ1) is 10.6. The summed E-state index contributed by atoms with van der Waals surface area (Å²) >= 11 is 0. The van der Waals surface area contributed by atoms with Crippen molar-refractivity contribution in [1.29, 1.82) is 0 Å². The van der Waals surface area contributed by atoms with E-state index in [1.165, 1.54) is 13.2 Å². The third kappa shape index (κ3) is 2.98. The van der Waals surface area contributed by atoms with Crippen LogP contribution in [0.25, 0.3) is 0 Å². The molecule has 0 atom stereocenters. The number of piperidine rings is 1. The van der Waals surface area contributed by atoms with Gasteiger partial charge < -0.3 is 9.64 Å². The van der Waals surface area contributed by atoms with Crippen LogP contribution >= 0.6 is 0 Å². The van der Waals surface area contributed by atoms with E-state index >= 15 is 0 Å². The van der Waals surface area contributed by atoms with Crippen LogP contribution in [0, 0.1) is 11.7 Å². The van der Waals surface area contributed by atoms with Crippen molar-refractivity contribution < 1.29 is 18.7 Å². The number of esters is 1. The van der Waals surface area contributed by atoms with Crippen molar-refractivity contribution in [1.82, 2.24) is 4.90 Å². The molecule has 0 N–H and O–H groups in total. The average molecular weight is 305 g/mol. The van der Waals surface area contributed by atoms with Gasteiger partial charge in [-0.25, -0.2) is 9.18 Å². The van der Waals surface area contributed by atoms with Crippen molar-refractivity contribution in [3.63, 3.8) is 0 Å². The number of carbonyl (C=O) groups is 2. The number of nitrogens with zero attached hydrogens (tertiary/aromatic N) is 1. The highest BCUT2D eigenvalue weighted by molar-refractivity contribution is 5.89. The van der Waals surface area contributed by atoms with Crippen LogP contribution in [0.3, 0.4) is 0 Å². The number of hydrogen-bond acceptors (Lipinski definition) is 3. The number of rotatable bonds is 3. The van der Waals surface area contributed by atoms with Gasteiger partial charge >= 0.3 is 5.97 Å². The van der Waals surface area contributed by atoms with Gasteiger partial charge in [-0.3, -0.25) is 4.79 Å². The Labute approximate surface area is 129 Å². The zero-order valence-electron chi connectivity index (χ0n) is 12.7. The Balaban J connectivity index is 1.68. The van der Waals surface area contributed by atoms with Crippen molar-refractivity contribution >= 4 is 11.9 Å². The molecule has 1 aromatic rings. The first kappa shape index (κ1) is 15.0. The van der Waals surface area contributed by atoms with Gasteiger partial charge in [-0.05, 0) is 49.3 Å². The molecule has 1 saturated heterocycles. The first-order valence-electron chi connectivity index (χ1n) is 7.76. The second-order valence-corrected chi connectivity index (χ2v) is 6.10. The molecule has 1 amide bonds.